The largest absolute Gasteiger partial charge is 0.353 e. The summed E-state index contributed by atoms with van der Waals surface area (Å²) in [6.45, 7) is 1.89. The highest BCUT2D eigenvalue weighted by Crippen LogP contribution is 2.26. The van der Waals surface area contributed by atoms with Gasteiger partial charge in [-0.1, -0.05) is 49.6 Å². The molecule has 1 N–H and O–H groups in total. The van der Waals surface area contributed by atoms with Gasteiger partial charge in [-0.15, -0.1) is 11.3 Å². The Morgan fingerprint density at radius 3 is 2.69 bits per heavy atom. The molecule has 1 aromatic carbocycles. The van der Waals surface area contributed by atoms with Crippen molar-refractivity contribution < 1.29 is 4.79 Å². The number of thiophene rings is 1. The summed E-state index contributed by atoms with van der Waals surface area (Å²) in [6.07, 6.45) is 7.68. The molecule has 1 aliphatic heterocycles. The van der Waals surface area contributed by atoms with Gasteiger partial charge in [0.2, 0.25) is 11.9 Å². The lowest BCUT2D eigenvalue weighted by Crippen LogP contribution is -2.47. The Balaban J connectivity index is 1.42. The standard InChI is InChI=1S/C25H30N4O2S/c30-23(26-20-11-5-2-6-12-20)19-10-7-14-28(17-19)25-27-21-13-15-32-22(21)24(31)29(25)16-18-8-3-1-4-9-18/h1,3-4,8-9,13,15,19-20H,2,5-7,10-12,14,16-17H2,(H,26,30)/t19-/m0/s1. The fourth-order valence-corrected chi connectivity index (χ4v) is 5.80. The molecule has 1 amide bonds. The summed E-state index contributed by atoms with van der Waals surface area (Å²) in [6, 6.07) is 12.3. The van der Waals surface area contributed by atoms with Gasteiger partial charge in [-0.2, -0.15) is 0 Å². The molecule has 6 nitrogen and oxygen atoms in total. The van der Waals surface area contributed by atoms with Crippen LogP contribution < -0.4 is 15.8 Å². The number of nitrogens with zero attached hydrogens (tertiary/aromatic N) is 3. The van der Waals surface area contributed by atoms with Crippen molar-refractivity contribution in [1.82, 2.24) is 14.9 Å². The molecular weight excluding hydrogens is 420 g/mol. The molecule has 0 bridgehead atoms. The van der Waals surface area contributed by atoms with E-state index in [1.165, 1.54) is 30.6 Å². The molecule has 2 fully saturated rings. The van der Waals surface area contributed by atoms with Crippen LogP contribution in [-0.2, 0) is 11.3 Å². The number of anilines is 1. The average Bonchev–Trinajstić information content (AvgIpc) is 3.31. The van der Waals surface area contributed by atoms with Crippen LogP contribution in [0.15, 0.2) is 46.6 Å². The van der Waals surface area contributed by atoms with Gasteiger partial charge in [0.25, 0.3) is 5.56 Å². The Morgan fingerprint density at radius 1 is 1.06 bits per heavy atom. The highest BCUT2D eigenvalue weighted by atomic mass is 32.1. The number of piperidine rings is 1. The lowest BCUT2D eigenvalue weighted by atomic mass is 9.93. The fourth-order valence-electron chi connectivity index (χ4n) is 5.02. The van der Waals surface area contributed by atoms with Gasteiger partial charge in [0, 0.05) is 19.1 Å². The first-order chi connectivity index (χ1) is 15.7. The van der Waals surface area contributed by atoms with Crippen LogP contribution in [0.25, 0.3) is 10.2 Å². The number of fused-ring (bicyclic) bond motifs is 1. The van der Waals surface area contributed by atoms with E-state index in [1.54, 1.807) is 4.57 Å². The van der Waals surface area contributed by atoms with Crippen molar-refractivity contribution in [2.45, 2.75) is 57.5 Å². The van der Waals surface area contributed by atoms with E-state index in [0.29, 0.717) is 29.8 Å². The van der Waals surface area contributed by atoms with E-state index in [9.17, 15) is 9.59 Å². The van der Waals surface area contributed by atoms with Gasteiger partial charge in [-0.25, -0.2) is 4.98 Å². The lowest BCUT2D eigenvalue weighted by Gasteiger charge is -2.35. The highest BCUT2D eigenvalue weighted by molar-refractivity contribution is 7.17. The minimum atomic E-state index is -0.0640. The predicted octanol–water partition coefficient (Wildman–Crippen LogP) is 4.17. The van der Waals surface area contributed by atoms with E-state index in [4.69, 9.17) is 4.98 Å². The van der Waals surface area contributed by atoms with Crippen molar-refractivity contribution in [1.29, 1.82) is 0 Å². The first-order valence-corrected chi connectivity index (χ1v) is 12.6. The van der Waals surface area contributed by atoms with Gasteiger partial charge in [-0.05, 0) is 42.7 Å². The second-order valence-corrected chi connectivity index (χ2v) is 9.97. The maximum Gasteiger partial charge on any atom is 0.273 e. The van der Waals surface area contributed by atoms with Crippen LogP contribution in [0.3, 0.4) is 0 Å². The Bertz CT molecular complexity index is 1130. The molecule has 7 heteroatoms. The molecular formula is C25H30N4O2S. The minimum Gasteiger partial charge on any atom is -0.353 e. The number of carbonyl (C=O) groups is 1. The number of rotatable bonds is 5. The number of hydrogen-bond acceptors (Lipinski definition) is 5. The van der Waals surface area contributed by atoms with Crippen LogP contribution in [0.5, 0.6) is 0 Å². The van der Waals surface area contributed by atoms with E-state index in [1.807, 2.05) is 41.8 Å². The molecule has 0 spiro atoms. The zero-order valence-electron chi connectivity index (χ0n) is 18.3. The van der Waals surface area contributed by atoms with E-state index < -0.39 is 0 Å². The van der Waals surface area contributed by atoms with Crippen LogP contribution in [0.1, 0.15) is 50.5 Å². The van der Waals surface area contributed by atoms with Crippen molar-refractivity contribution in [2.75, 3.05) is 18.0 Å². The third-order valence-electron chi connectivity index (χ3n) is 6.76. The van der Waals surface area contributed by atoms with E-state index >= 15 is 0 Å². The van der Waals surface area contributed by atoms with E-state index in [0.717, 1.165) is 43.3 Å². The zero-order valence-corrected chi connectivity index (χ0v) is 19.2. The molecule has 32 heavy (non-hydrogen) atoms. The van der Waals surface area contributed by atoms with Crippen LogP contribution >= 0.6 is 11.3 Å². The molecule has 1 aliphatic carbocycles. The third-order valence-corrected chi connectivity index (χ3v) is 7.65. The normalized spacial score (nSPS) is 19.9. The van der Waals surface area contributed by atoms with Gasteiger partial charge < -0.3 is 10.2 Å². The Morgan fingerprint density at radius 2 is 1.88 bits per heavy atom. The number of amides is 1. The summed E-state index contributed by atoms with van der Waals surface area (Å²) in [7, 11) is 0. The molecule has 3 heterocycles. The van der Waals surface area contributed by atoms with E-state index in [2.05, 4.69) is 10.2 Å². The first-order valence-electron chi connectivity index (χ1n) is 11.8. The highest BCUT2D eigenvalue weighted by Gasteiger charge is 2.30. The topological polar surface area (TPSA) is 67.2 Å². The number of nitrogens with one attached hydrogen (secondary N) is 1. The molecule has 0 radical (unpaired) electrons. The number of benzene rings is 1. The summed E-state index contributed by atoms with van der Waals surface area (Å²) in [5, 5.41) is 5.22. The van der Waals surface area contributed by atoms with Gasteiger partial charge in [0.05, 0.1) is 18.0 Å². The van der Waals surface area contributed by atoms with E-state index in [-0.39, 0.29) is 17.4 Å². The Hall–Kier alpha value is -2.67. The van der Waals surface area contributed by atoms with Gasteiger partial charge >= 0.3 is 0 Å². The Labute approximate surface area is 192 Å². The quantitative estimate of drug-likeness (QED) is 0.634. The molecule has 2 aliphatic rings. The van der Waals surface area contributed by atoms with Crippen LogP contribution in [-0.4, -0.2) is 34.6 Å². The summed E-state index contributed by atoms with van der Waals surface area (Å²) in [5.74, 6) is 0.779. The summed E-state index contributed by atoms with van der Waals surface area (Å²) >= 11 is 1.44. The first kappa shape index (κ1) is 21.2. The van der Waals surface area contributed by atoms with Crippen LogP contribution in [0, 0.1) is 5.92 Å². The SMILES string of the molecule is O=C(NC1CCCCC1)[C@H]1CCCN(c2nc3ccsc3c(=O)n2Cc2ccccc2)C1. The van der Waals surface area contributed by atoms with Crippen molar-refractivity contribution >= 4 is 33.4 Å². The third kappa shape index (κ3) is 4.44. The van der Waals surface area contributed by atoms with Gasteiger partial charge in [0.1, 0.15) is 4.70 Å². The van der Waals surface area contributed by atoms with Gasteiger partial charge in [-0.3, -0.25) is 14.2 Å². The minimum absolute atomic E-state index is 0.00219. The number of aromatic nitrogens is 2. The summed E-state index contributed by atoms with van der Waals surface area (Å²) in [4.78, 5) is 33.4. The van der Waals surface area contributed by atoms with Crippen molar-refractivity contribution in [2.24, 2.45) is 5.92 Å². The predicted molar refractivity (Wildman–Crippen MR) is 129 cm³/mol. The van der Waals surface area contributed by atoms with Crippen molar-refractivity contribution in [3.05, 3.63) is 57.7 Å². The molecule has 0 unspecified atom stereocenters. The number of hydrogen-bond donors (Lipinski definition) is 1. The molecule has 1 atom stereocenters. The molecule has 1 saturated carbocycles. The maximum absolute atomic E-state index is 13.4. The molecule has 5 rings (SSSR count). The van der Waals surface area contributed by atoms with Crippen molar-refractivity contribution in [3.63, 3.8) is 0 Å². The molecule has 3 aromatic rings. The molecule has 2 aromatic heterocycles. The van der Waals surface area contributed by atoms with Gasteiger partial charge in [0.15, 0.2) is 0 Å². The second kappa shape index (κ2) is 9.45. The monoisotopic (exact) mass is 450 g/mol. The summed E-state index contributed by atoms with van der Waals surface area (Å²) < 4.78 is 2.48. The molecule has 168 valence electrons. The lowest BCUT2D eigenvalue weighted by molar-refractivity contribution is -0.126. The molecule has 1 saturated heterocycles. The number of carbonyl (C=O) groups excluding carboxylic acids is 1. The zero-order chi connectivity index (χ0) is 21.9. The van der Waals surface area contributed by atoms with Crippen LogP contribution in [0.4, 0.5) is 5.95 Å². The maximum atomic E-state index is 13.4. The summed E-state index contributed by atoms with van der Waals surface area (Å²) in [5.41, 5.74) is 1.81. The smallest absolute Gasteiger partial charge is 0.273 e. The average molecular weight is 451 g/mol. The second-order valence-electron chi connectivity index (χ2n) is 9.05. The Kier molecular flexibility index (Phi) is 6.26. The van der Waals surface area contributed by atoms with Crippen LogP contribution in [0.2, 0.25) is 0 Å². The fraction of sp³-hybridized carbons (Fsp3) is 0.480. The van der Waals surface area contributed by atoms with Crippen molar-refractivity contribution in [3.8, 4) is 0 Å².